The topological polar surface area (TPSA) is 59.1 Å². The van der Waals surface area contributed by atoms with Gasteiger partial charge in [0.1, 0.15) is 5.82 Å². The van der Waals surface area contributed by atoms with Crippen molar-refractivity contribution in [3.63, 3.8) is 0 Å². The molecule has 0 spiro atoms. The van der Waals surface area contributed by atoms with Crippen molar-refractivity contribution in [3.8, 4) is 0 Å². The minimum absolute atomic E-state index is 0.347. The molecule has 0 radical (unpaired) electrons. The highest BCUT2D eigenvalue weighted by atomic mass is 15.2. The largest absolute Gasteiger partial charge is 0.335 e. The Morgan fingerprint density at radius 1 is 1.40 bits per heavy atom. The number of aromatic nitrogens is 2. The van der Waals surface area contributed by atoms with Crippen molar-refractivity contribution in [2.75, 3.05) is 7.05 Å². The molecule has 0 aromatic carbocycles. The molecular formula is C15H27N5. The monoisotopic (exact) mass is 277 g/mol. The molecule has 5 heteroatoms. The fourth-order valence-corrected chi connectivity index (χ4v) is 4.16. The second-order valence-electron chi connectivity index (χ2n) is 6.39. The first-order valence-corrected chi connectivity index (χ1v) is 7.91. The fraction of sp³-hybridized carbons (Fsp3) is 0.800. The molecule has 3 heterocycles. The summed E-state index contributed by atoms with van der Waals surface area (Å²) in [5, 5.41) is 0. The Kier molecular flexibility index (Phi) is 4.10. The molecule has 2 saturated heterocycles. The Labute approximate surface area is 121 Å². The third-order valence-corrected chi connectivity index (χ3v) is 5.46. The molecule has 5 nitrogen and oxygen atoms in total. The summed E-state index contributed by atoms with van der Waals surface area (Å²) in [5.74, 6) is 7.69. The highest BCUT2D eigenvalue weighted by Crippen LogP contribution is 2.39. The minimum atomic E-state index is 0.347. The van der Waals surface area contributed by atoms with Gasteiger partial charge in [-0.1, -0.05) is 0 Å². The van der Waals surface area contributed by atoms with Gasteiger partial charge in [-0.2, -0.15) is 0 Å². The van der Waals surface area contributed by atoms with Crippen molar-refractivity contribution in [2.45, 2.75) is 63.7 Å². The molecule has 0 amide bonds. The van der Waals surface area contributed by atoms with Gasteiger partial charge in [0.15, 0.2) is 0 Å². The third-order valence-electron chi connectivity index (χ3n) is 5.46. The fourth-order valence-electron chi connectivity index (χ4n) is 4.16. The SMILES string of the molecule is CCn1ccnc1CC(NN)C1CC2CCC(C1)N2C. The first-order chi connectivity index (χ1) is 9.72. The maximum Gasteiger partial charge on any atom is 0.110 e. The number of rotatable bonds is 5. The molecule has 2 aliphatic rings. The Morgan fingerprint density at radius 2 is 2.10 bits per heavy atom. The molecule has 3 atom stereocenters. The number of nitrogens with zero attached hydrogens (tertiary/aromatic N) is 3. The van der Waals surface area contributed by atoms with Crippen molar-refractivity contribution >= 4 is 0 Å². The lowest BCUT2D eigenvalue weighted by Crippen LogP contribution is -2.50. The van der Waals surface area contributed by atoms with E-state index in [0.29, 0.717) is 12.0 Å². The zero-order valence-electron chi connectivity index (χ0n) is 12.6. The quantitative estimate of drug-likeness (QED) is 0.626. The van der Waals surface area contributed by atoms with Crippen LogP contribution in [0.3, 0.4) is 0 Å². The van der Waals surface area contributed by atoms with Crippen LogP contribution < -0.4 is 11.3 Å². The summed E-state index contributed by atoms with van der Waals surface area (Å²) in [6, 6.07) is 1.88. The van der Waals surface area contributed by atoms with E-state index >= 15 is 0 Å². The van der Waals surface area contributed by atoms with Gasteiger partial charge in [-0.3, -0.25) is 11.3 Å². The Morgan fingerprint density at radius 3 is 2.70 bits per heavy atom. The Bertz CT molecular complexity index is 429. The van der Waals surface area contributed by atoms with Gasteiger partial charge in [0.2, 0.25) is 0 Å². The van der Waals surface area contributed by atoms with Gasteiger partial charge in [0.25, 0.3) is 0 Å². The van der Waals surface area contributed by atoms with E-state index in [4.69, 9.17) is 5.84 Å². The summed E-state index contributed by atoms with van der Waals surface area (Å²) >= 11 is 0. The van der Waals surface area contributed by atoms with Crippen molar-refractivity contribution in [1.29, 1.82) is 0 Å². The summed E-state index contributed by atoms with van der Waals surface area (Å²) in [6.45, 7) is 3.14. The summed E-state index contributed by atoms with van der Waals surface area (Å²) < 4.78 is 2.22. The Hall–Kier alpha value is -0.910. The highest BCUT2D eigenvalue weighted by Gasteiger charge is 2.40. The molecule has 2 aliphatic heterocycles. The molecule has 2 fully saturated rings. The molecule has 112 valence electrons. The van der Waals surface area contributed by atoms with Crippen molar-refractivity contribution in [2.24, 2.45) is 11.8 Å². The molecule has 2 bridgehead atoms. The summed E-state index contributed by atoms with van der Waals surface area (Å²) in [4.78, 5) is 7.08. The lowest BCUT2D eigenvalue weighted by molar-refractivity contribution is 0.111. The number of hydrogen-bond acceptors (Lipinski definition) is 4. The molecule has 0 aliphatic carbocycles. The Balaban J connectivity index is 1.68. The molecule has 1 aromatic rings. The van der Waals surface area contributed by atoms with Crippen LogP contribution in [0.4, 0.5) is 0 Å². The van der Waals surface area contributed by atoms with Crippen LogP contribution in [0.25, 0.3) is 0 Å². The highest BCUT2D eigenvalue weighted by molar-refractivity contribution is 5.01. The van der Waals surface area contributed by atoms with Crippen LogP contribution in [0.5, 0.6) is 0 Å². The van der Waals surface area contributed by atoms with Gasteiger partial charge >= 0.3 is 0 Å². The normalized spacial score (nSPS) is 31.6. The summed E-state index contributed by atoms with van der Waals surface area (Å²) in [6.07, 6.45) is 10.2. The van der Waals surface area contributed by atoms with Gasteiger partial charge in [-0.05, 0) is 45.6 Å². The van der Waals surface area contributed by atoms with Crippen molar-refractivity contribution < 1.29 is 0 Å². The van der Waals surface area contributed by atoms with Crippen LogP contribution >= 0.6 is 0 Å². The van der Waals surface area contributed by atoms with E-state index in [9.17, 15) is 0 Å². The van der Waals surface area contributed by atoms with Gasteiger partial charge in [-0.15, -0.1) is 0 Å². The second kappa shape index (κ2) is 5.84. The van der Waals surface area contributed by atoms with Crippen molar-refractivity contribution in [3.05, 3.63) is 18.2 Å². The zero-order chi connectivity index (χ0) is 14.1. The number of aryl methyl sites for hydroxylation is 1. The average molecular weight is 277 g/mol. The number of nitrogens with two attached hydrogens (primary N) is 1. The van der Waals surface area contributed by atoms with Crippen LogP contribution in [0.1, 0.15) is 38.4 Å². The predicted octanol–water partition coefficient (Wildman–Crippen LogP) is 1.15. The van der Waals surface area contributed by atoms with Crippen LogP contribution in [0.2, 0.25) is 0 Å². The van der Waals surface area contributed by atoms with Gasteiger partial charge in [-0.25, -0.2) is 4.98 Å². The minimum Gasteiger partial charge on any atom is -0.335 e. The predicted molar refractivity (Wildman–Crippen MR) is 80.0 cm³/mol. The van der Waals surface area contributed by atoms with Gasteiger partial charge in [0, 0.05) is 43.5 Å². The first-order valence-electron chi connectivity index (χ1n) is 7.91. The lowest BCUT2D eigenvalue weighted by atomic mass is 9.84. The average Bonchev–Trinajstić information content (AvgIpc) is 2.97. The van der Waals surface area contributed by atoms with Crippen LogP contribution in [-0.4, -0.2) is 39.6 Å². The lowest BCUT2D eigenvalue weighted by Gasteiger charge is -2.39. The third kappa shape index (κ3) is 2.50. The van der Waals surface area contributed by atoms with Crippen LogP contribution in [0.15, 0.2) is 12.4 Å². The van der Waals surface area contributed by atoms with E-state index in [1.54, 1.807) is 0 Å². The maximum absolute atomic E-state index is 5.86. The molecule has 3 rings (SSSR count). The van der Waals surface area contributed by atoms with E-state index < -0.39 is 0 Å². The summed E-state index contributed by atoms with van der Waals surface area (Å²) in [5.41, 5.74) is 3.07. The number of fused-ring (bicyclic) bond motifs is 2. The number of hydrogen-bond donors (Lipinski definition) is 2. The zero-order valence-corrected chi connectivity index (χ0v) is 12.6. The molecule has 20 heavy (non-hydrogen) atoms. The standard InChI is InChI=1S/C15H27N5/c1-3-20-7-6-17-15(20)10-14(18-16)11-8-12-4-5-13(9-11)19(12)2/h6-7,11-14,18H,3-5,8-10,16H2,1-2H3. The van der Waals surface area contributed by atoms with E-state index in [0.717, 1.165) is 30.9 Å². The van der Waals surface area contributed by atoms with Crippen LogP contribution in [0, 0.1) is 5.92 Å². The van der Waals surface area contributed by atoms with Crippen LogP contribution in [-0.2, 0) is 13.0 Å². The number of imidazole rings is 1. The van der Waals surface area contributed by atoms with Gasteiger partial charge in [0.05, 0.1) is 0 Å². The smallest absolute Gasteiger partial charge is 0.110 e. The van der Waals surface area contributed by atoms with Gasteiger partial charge < -0.3 is 9.47 Å². The number of piperidine rings is 1. The maximum atomic E-state index is 5.86. The molecular weight excluding hydrogens is 250 g/mol. The summed E-state index contributed by atoms with van der Waals surface area (Å²) in [7, 11) is 2.28. The van der Waals surface area contributed by atoms with E-state index in [-0.39, 0.29) is 0 Å². The molecule has 0 saturated carbocycles. The van der Waals surface area contributed by atoms with E-state index in [1.807, 2.05) is 6.20 Å². The van der Waals surface area contributed by atoms with E-state index in [2.05, 4.69) is 40.0 Å². The van der Waals surface area contributed by atoms with E-state index in [1.165, 1.54) is 25.7 Å². The first kappa shape index (κ1) is 14.0. The number of nitrogens with one attached hydrogen (secondary N) is 1. The molecule has 3 unspecified atom stereocenters. The molecule has 1 aromatic heterocycles. The molecule has 3 N–H and O–H groups in total. The van der Waals surface area contributed by atoms with Crippen molar-refractivity contribution in [1.82, 2.24) is 19.9 Å². The second-order valence-corrected chi connectivity index (χ2v) is 6.39. The number of hydrazine groups is 1.